The second kappa shape index (κ2) is 6.03. The van der Waals surface area contributed by atoms with Gasteiger partial charge in [-0.25, -0.2) is 0 Å². The predicted octanol–water partition coefficient (Wildman–Crippen LogP) is 3.40. The first-order chi connectivity index (χ1) is 8.28. The van der Waals surface area contributed by atoms with Crippen molar-refractivity contribution >= 4 is 15.9 Å². The first-order valence-electron chi connectivity index (χ1n) is 5.75. The van der Waals surface area contributed by atoms with Crippen molar-refractivity contribution in [3.8, 4) is 0 Å². The van der Waals surface area contributed by atoms with Crippen LogP contribution in [0.25, 0.3) is 0 Å². The zero-order valence-corrected chi connectivity index (χ0v) is 11.2. The lowest BCUT2D eigenvalue weighted by atomic mass is 9.95. The van der Waals surface area contributed by atoms with Gasteiger partial charge in [-0.05, 0) is 48.7 Å². The topological polar surface area (TPSA) is 39.2 Å². The molecule has 90 valence electrons. The number of rotatable bonds is 5. The third-order valence-electron chi connectivity index (χ3n) is 2.84. The molecular formula is C14H16BrNO. The van der Waals surface area contributed by atoms with Crippen LogP contribution in [0.5, 0.6) is 0 Å². The Kier molecular flexibility index (Phi) is 4.40. The number of furan rings is 1. The fourth-order valence-corrected chi connectivity index (χ4v) is 2.17. The number of hydrogen-bond acceptors (Lipinski definition) is 2. The molecule has 0 amide bonds. The maximum absolute atomic E-state index is 5.82. The quantitative estimate of drug-likeness (QED) is 0.918. The van der Waals surface area contributed by atoms with Crippen LogP contribution in [0.3, 0.4) is 0 Å². The zero-order valence-electron chi connectivity index (χ0n) is 9.60. The van der Waals surface area contributed by atoms with E-state index in [0.717, 1.165) is 23.1 Å². The average Bonchev–Trinajstić information content (AvgIpc) is 2.84. The van der Waals surface area contributed by atoms with Crippen molar-refractivity contribution in [2.45, 2.75) is 12.8 Å². The third kappa shape index (κ3) is 3.72. The van der Waals surface area contributed by atoms with Gasteiger partial charge in [0.2, 0.25) is 0 Å². The molecular weight excluding hydrogens is 278 g/mol. The molecule has 1 aromatic heterocycles. The Labute approximate surface area is 110 Å². The van der Waals surface area contributed by atoms with Crippen LogP contribution in [-0.4, -0.2) is 6.54 Å². The predicted molar refractivity (Wildman–Crippen MR) is 72.8 cm³/mol. The molecule has 0 saturated heterocycles. The van der Waals surface area contributed by atoms with E-state index in [0.29, 0.717) is 12.5 Å². The van der Waals surface area contributed by atoms with Gasteiger partial charge in [0.25, 0.3) is 0 Å². The molecule has 1 heterocycles. The van der Waals surface area contributed by atoms with E-state index in [4.69, 9.17) is 10.2 Å². The van der Waals surface area contributed by atoms with Crippen molar-refractivity contribution in [2.24, 2.45) is 11.7 Å². The number of halogens is 1. The smallest absolute Gasteiger partial charge is 0.104 e. The minimum Gasteiger partial charge on any atom is -0.469 e. The summed E-state index contributed by atoms with van der Waals surface area (Å²) < 4.78 is 6.47. The second-order valence-corrected chi connectivity index (χ2v) is 5.13. The number of nitrogens with two attached hydrogens (primary N) is 1. The molecule has 2 aromatic rings. The second-order valence-electron chi connectivity index (χ2n) is 4.22. The molecule has 2 nitrogen and oxygen atoms in total. The third-order valence-corrected chi connectivity index (χ3v) is 3.37. The normalized spacial score (nSPS) is 12.6. The summed E-state index contributed by atoms with van der Waals surface area (Å²) in [5, 5.41) is 0. The van der Waals surface area contributed by atoms with Gasteiger partial charge >= 0.3 is 0 Å². The van der Waals surface area contributed by atoms with Crippen LogP contribution in [0.2, 0.25) is 0 Å². The Hall–Kier alpha value is -1.06. The van der Waals surface area contributed by atoms with Gasteiger partial charge in [-0.1, -0.05) is 28.1 Å². The maximum atomic E-state index is 5.82. The number of benzene rings is 1. The van der Waals surface area contributed by atoms with Crippen LogP contribution in [0.4, 0.5) is 0 Å². The molecule has 0 fully saturated rings. The lowest BCUT2D eigenvalue weighted by Crippen LogP contribution is -2.19. The van der Waals surface area contributed by atoms with Crippen molar-refractivity contribution in [1.29, 1.82) is 0 Å². The molecule has 0 bridgehead atoms. The van der Waals surface area contributed by atoms with Crippen molar-refractivity contribution < 1.29 is 4.42 Å². The molecule has 0 radical (unpaired) electrons. The fraction of sp³-hybridized carbons (Fsp3) is 0.286. The first-order valence-corrected chi connectivity index (χ1v) is 6.54. The lowest BCUT2D eigenvalue weighted by Gasteiger charge is -2.13. The Balaban J connectivity index is 1.97. The average molecular weight is 294 g/mol. The molecule has 1 aromatic carbocycles. The summed E-state index contributed by atoms with van der Waals surface area (Å²) in [6, 6.07) is 12.3. The van der Waals surface area contributed by atoms with Crippen LogP contribution in [0.1, 0.15) is 11.3 Å². The molecule has 0 aliphatic rings. The summed E-state index contributed by atoms with van der Waals surface area (Å²) in [5.41, 5.74) is 7.13. The van der Waals surface area contributed by atoms with E-state index in [1.807, 2.05) is 12.1 Å². The van der Waals surface area contributed by atoms with E-state index < -0.39 is 0 Å². The maximum Gasteiger partial charge on any atom is 0.104 e. The van der Waals surface area contributed by atoms with Crippen LogP contribution < -0.4 is 5.73 Å². The fourth-order valence-electron chi connectivity index (χ4n) is 1.91. The van der Waals surface area contributed by atoms with E-state index in [1.165, 1.54) is 5.56 Å². The van der Waals surface area contributed by atoms with E-state index in [9.17, 15) is 0 Å². The van der Waals surface area contributed by atoms with E-state index in [-0.39, 0.29) is 0 Å². The van der Waals surface area contributed by atoms with Crippen LogP contribution >= 0.6 is 15.9 Å². The molecule has 3 heteroatoms. The van der Waals surface area contributed by atoms with Gasteiger partial charge in [-0.3, -0.25) is 0 Å². The van der Waals surface area contributed by atoms with Gasteiger partial charge in [0, 0.05) is 10.9 Å². The summed E-state index contributed by atoms with van der Waals surface area (Å²) in [4.78, 5) is 0. The minimum absolute atomic E-state index is 0.433. The Morgan fingerprint density at radius 2 is 1.88 bits per heavy atom. The SMILES string of the molecule is NCC(Cc1ccc(Br)cc1)Cc1ccco1. The van der Waals surface area contributed by atoms with Crippen molar-refractivity contribution in [3.05, 3.63) is 58.5 Å². The minimum atomic E-state index is 0.433. The molecule has 1 atom stereocenters. The van der Waals surface area contributed by atoms with Gasteiger partial charge in [-0.2, -0.15) is 0 Å². The van der Waals surface area contributed by atoms with Gasteiger partial charge < -0.3 is 10.2 Å². The molecule has 17 heavy (non-hydrogen) atoms. The highest BCUT2D eigenvalue weighted by Gasteiger charge is 2.10. The van der Waals surface area contributed by atoms with Crippen molar-refractivity contribution in [2.75, 3.05) is 6.54 Å². The first kappa shape index (κ1) is 12.4. The molecule has 0 spiro atoms. The van der Waals surface area contributed by atoms with Crippen LogP contribution in [-0.2, 0) is 12.8 Å². The standard InChI is InChI=1S/C14H16BrNO/c15-13-5-3-11(4-6-13)8-12(10-16)9-14-2-1-7-17-14/h1-7,12H,8-10,16H2. The van der Waals surface area contributed by atoms with E-state index in [1.54, 1.807) is 6.26 Å². The van der Waals surface area contributed by atoms with E-state index >= 15 is 0 Å². The van der Waals surface area contributed by atoms with Crippen LogP contribution in [0.15, 0.2) is 51.6 Å². The van der Waals surface area contributed by atoms with Crippen LogP contribution in [0, 0.1) is 5.92 Å². The molecule has 0 saturated carbocycles. The van der Waals surface area contributed by atoms with Gasteiger partial charge in [0.15, 0.2) is 0 Å². The summed E-state index contributed by atoms with van der Waals surface area (Å²) in [5.74, 6) is 1.44. The Morgan fingerprint density at radius 1 is 1.12 bits per heavy atom. The van der Waals surface area contributed by atoms with Crippen molar-refractivity contribution in [3.63, 3.8) is 0 Å². The Bertz CT molecular complexity index is 436. The highest BCUT2D eigenvalue weighted by molar-refractivity contribution is 9.10. The highest BCUT2D eigenvalue weighted by Crippen LogP contribution is 2.16. The lowest BCUT2D eigenvalue weighted by molar-refractivity contribution is 0.441. The van der Waals surface area contributed by atoms with Gasteiger partial charge in [0.05, 0.1) is 6.26 Å². The summed E-state index contributed by atoms with van der Waals surface area (Å²) in [7, 11) is 0. The van der Waals surface area contributed by atoms with Gasteiger partial charge in [-0.15, -0.1) is 0 Å². The molecule has 0 aliphatic carbocycles. The summed E-state index contributed by atoms with van der Waals surface area (Å²) in [6.07, 6.45) is 3.60. The summed E-state index contributed by atoms with van der Waals surface area (Å²) in [6.45, 7) is 0.677. The number of hydrogen-bond donors (Lipinski definition) is 1. The molecule has 1 unspecified atom stereocenters. The monoisotopic (exact) mass is 293 g/mol. The molecule has 2 N–H and O–H groups in total. The largest absolute Gasteiger partial charge is 0.469 e. The van der Waals surface area contributed by atoms with Gasteiger partial charge in [0.1, 0.15) is 5.76 Å². The summed E-state index contributed by atoms with van der Waals surface area (Å²) >= 11 is 3.44. The molecule has 2 rings (SSSR count). The highest BCUT2D eigenvalue weighted by atomic mass is 79.9. The van der Waals surface area contributed by atoms with E-state index in [2.05, 4.69) is 40.2 Å². The molecule has 0 aliphatic heterocycles. The van der Waals surface area contributed by atoms with Crippen molar-refractivity contribution in [1.82, 2.24) is 0 Å². The zero-order chi connectivity index (χ0) is 12.1. The Morgan fingerprint density at radius 3 is 2.47 bits per heavy atom.